The van der Waals surface area contributed by atoms with Gasteiger partial charge in [0.05, 0.1) is 11.0 Å². The van der Waals surface area contributed by atoms with Gasteiger partial charge in [-0.2, -0.15) is 0 Å². The van der Waals surface area contributed by atoms with Gasteiger partial charge in [-0.25, -0.2) is 0 Å². The van der Waals surface area contributed by atoms with E-state index in [4.69, 9.17) is 0 Å². The molecule has 1 heterocycles. The van der Waals surface area contributed by atoms with Crippen LogP contribution < -0.4 is 4.90 Å². The van der Waals surface area contributed by atoms with Crippen molar-refractivity contribution in [2.24, 2.45) is 0 Å². The number of aromatic nitrogens is 1. The average molecular weight is 765 g/mol. The van der Waals surface area contributed by atoms with Gasteiger partial charge in [0.1, 0.15) is 0 Å². The van der Waals surface area contributed by atoms with Crippen LogP contribution >= 0.6 is 0 Å². The number of anilines is 3. The SMILES string of the molecule is c1ccc(-c2ccc(-c3ccc(N(c4ccccc4)c4cccc(-c5cccc6c5c5ccccc5n6-c5ccc6ccccc6c5)c4)cc3)cc2-c2ccccc2)cc1. The molecule has 0 unspecified atom stereocenters. The minimum Gasteiger partial charge on any atom is -0.310 e. The van der Waals surface area contributed by atoms with Crippen LogP contribution in [-0.4, -0.2) is 4.57 Å². The highest BCUT2D eigenvalue weighted by Gasteiger charge is 2.19. The lowest BCUT2D eigenvalue weighted by Gasteiger charge is -2.26. The van der Waals surface area contributed by atoms with Crippen molar-refractivity contribution in [2.75, 3.05) is 4.90 Å². The summed E-state index contributed by atoms with van der Waals surface area (Å²) in [4.78, 5) is 2.36. The zero-order valence-corrected chi connectivity index (χ0v) is 33.0. The van der Waals surface area contributed by atoms with E-state index in [-0.39, 0.29) is 0 Å². The highest BCUT2D eigenvalue weighted by molar-refractivity contribution is 6.16. The van der Waals surface area contributed by atoms with Gasteiger partial charge in [0, 0.05) is 33.5 Å². The van der Waals surface area contributed by atoms with E-state index < -0.39 is 0 Å². The first kappa shape index (κ1) is 35.2. The monoisotopic (exact) mass is 764 g/mol. The second-order valence-electron chi connectivity index (χ2n) is 15.3. The van der Waals surface area contributed by atoms with Gasteiger partial charge >= 0.3 is 0 Å². The van der Waals surface area contributed by atoms with E-state index in [1.165, 1.54) is 77.1 Å². The van der Waals surface area contributed by atoms with Gasteiger partial charge < -0.3 is 9.47 Å². The summed E-state index contributed by atoms with van der Waals surface area (Å²) in [7, 11) is 0. The van der Waals surface area contributed by atoms with Crippen molar-refractivity contribution < 1.29 is 0 Å². The van der Waals surface area contributed by atoms with E-state index in [9.17, 15) is 0 Å². The van der Waals surface area contributed by atoms with E-state index in [0.29, 0.717) is 0 Å². The lowest BCUT2D eigenvalue weighted by atomic mass is 9.91. The first-order chi connectivity index (χ1) is 29.8. The molecule has 0 saturated carbocycles. The zero-order chi connectivity index (χ0) is 39.8. The molecule has 0 spiro atoms. The molecular formula is C58H40N2. The van der Waals surface area contributed by atoms with Crippen molar-refractivity contribution in [2.45, 2.75) is 0 Å². The molecule has 0 aliphatic carbocycles. The van der Waals surface area contributed by atoms with E-state index in [1.807, 2.05) is 0 Å². The van der Waals surface area contributed by atoms with Crippen LogP contribution in [0.3, 0.4) is 0 Å². The molecule has 10 aromatic carbocycles. The van der Waals surface area contributed by atoms with Crippen LogP contribution in [0.1, 0.15) is 0 Å². The Balaban J connectivity index is 1.00. The number of benzene rings is 10. The van der Waals surface area contributed by atoms with E-state index in [1.54, 1.807) is 0 Å². The van der Waals surface area contributed by atoms with Gasteiger partial charge in [-0.15, -0.1) is 0 Å². The molecule has 0 fully saturated rings. The number of hydrogen-bond donors (Lipinski definition) is 0. The average Bonchev–Trinajstić information content (AvgIpc) is 3.67. The highest BCUT2D eigenvalue weighted by Crippen LogP contribution is 2.43. The molecule has 11 aromatic rings. The molecule has 0 amide bonds. The van der Waals surface area contributed by atoms with Crippen molar-refractivity contribution in [1.82, 2.24) is 4.57 Å². The molecule has 0 N–H and O–H groups in total. The van der Waals surface area contributed by atoms with Crippen LogP contribution in [0.5, 0.6) is 0 Å². The number of fused-ring (bicyclic) bond motifs is 4. The predicted molar refractivity (Wildman–Crippen MR) is 255 cm³/mol. The van der Waals surface area contributed by atoms with Crippen molar-refractivity contribution >= 4 is 49.6 Å². The summed E-state index contributed by atoms with van der Waals surface area (Å²) < 4.78 is 2.42. The van der Waals surface area contributed by atoms with Crippen molar-refractivity contribution in [3.8, 4) is 50.2 Å². The fraction of sp³-hybridized carbons (Fsp3) is 0. The Hall–Kier alpha value is -7.94. The maximum Gasteiger partial charge on any atom is 0.0547 e. The van der Waals surface area contributed by atoms with Crippen molar-refractivity contribution in [3.05, 3.63) is 243 Å². The quantitative estimate of drug-likeness (QED) is 0.150. The molecule has 60 heavy (non-hydrogen) atoms. The summed E-state index contributed by atoms with van der Waals surface area (Å²) in [6.07, 6.45) is 0. The third-order valence-corrected chi connectivity index (χ3v) is 11.8. The third kappa shape index (κ3) is 6.32. The largest absolute Gasteiger partial charge is 0.310 e. The fourth-order valence-corrected chi connectivity index (χ4v) is 8.94. The van der Waals surface area contributed by atoms with Crippen molar-refractivity contribution in [1.29, 1.82) is 0 Å². The van der Waals surface area contributed by atoms with Crippen molar-refractivity contribution in [3.63, 3.8) is 0 Å². The Morgan fingerprint density at radius 3 is 1.65 bits per heavy atom. The summed E-state index contributed by atoms with van der Waals surface area (Å²) in [5.41, 5.74) is 16.5. The Labute approximate surface area is 350 Å². The first-order valence-electron chi connectivity index (χ1n) is 20.6. The van der Waals surface area contributed by atoms with Gasteiger partial charge in [0.25, 0.3) is 0 Å². The standard InChI is InChI=1S/C58H40N2/c1-4-17-43(18-5-1)52-37-33-46(40-55(52)44-19-6-2-7-20-44)42-30-34-49(35-31-42)59(48-23-8-3-9-24-48)50-25-14-22-47(39-50)53-27-15-29-57-58(53)54-26-12-13-28-56(54)60(57)51-36-32-41-16-10-11-21-45(41)38-51/h1-40H. The van der Waals surface area contributed by atoms with Gasteiger partial charge in [-0.3, -0.25) is 0 Å². The molecule has 282 valence electrons. The van der Waals surface area contributed by atoms with Gasteiger partial charge in [-0.05, 0) is 122 Å². The number of para-hydroxylation sites is 2. The van der Waals surface area contributed by atoms with Crippen LogP contribution in [0.4, 0.5) is 17.1 Å². The van der Waals surface area contributed by atoms with Crippen LogP contribution in [-0.2, 0) is 0 Å². The molecule has 0 aliphatic heterocycles. The smallest absolute Gasteiger partial charge is 0.0547 e. The second kappa shape index (κ2) is 15.1. The summed E-state index contributed by atoms with van der Waals surface area (Å²) in [5.74, 6) is 0. The Bertz CT molecular complexity index is 3290. The van der Waals surface area contributed by atoms with Gasteiger partial charge in [0.15, 0.2) is 0 Å². The summed E-state index contributed by atoms with van der Waals surface area (Å²) in [6.45, 7) is 0. The van der Waals surface area contributed by atoms with Gasteiger partial charge in [0.2, 0.25) is 0 Å². The normalized spacial score (nSPS) is 11.3. The summed E-state index contributed by atoms with van der Waals surface area (Å²) in [6, 6.07) is 87.8. The van der Waals surface area contributed by atoms with Gasteiger partial charge in [-0.1, -0.05) is 176 Å². The summed E-state index contributed by atoms with van der Waals surface area (Å²) >= 11 is 0. The predicted octanol–water partition coefficient (Wildman–Crippen LogP) is 16.1. The van der Waals surface area contributed by atoms with E-state index in [0.717, 1.165) is 22.7 Å². The molecule has 0 aliphatic rings. The molecular weight excluding hydrogens is 725 g/mol. The van der Waals surface area contributed by atoms with Crippen LogP contribution in [0.2, 0.25) is 0 Å². The molecule has 0 atom stereocenters. The molecule has 11 rings (SSSR count). The highest BCUT2D eigenvalue weighted by atomic mass is 15.1. The Kier molecular flexibility index (Phi) is 8.87. The molecule has 2 nitrogen and oxygen atoms in total. The maximum atomic E-state index is 2.42. The number of nitrogens with zero attached hydrogens (tertiary/aromatic N) is 2. The topological polar surface area (TPSA) is 8.17 Å². The molecule has 0 radical (unpaired) electrons. The number of hydrogen-bond acceptors (Lipinski definition) is 1. The summed E-state index contributed by atoms with van der Waals surface area (Å²) in [5, 5.41) is 4.97. The third-order valence-electron chi connectivity index (χ3n) is 11.8. The van der Waals surface area contributed by atoms with E-state index >= 15 is 0 Å². The lowest BCUT2D eigenvalue weighted by Crippen LogP contribution is -2.09. The number of rotatable bonds is 8. The molecule has 0 saturated heterocycles. The minimum atomic E-state index is 1.09. The van der Waals surface area contributed by atoms with Crippen LogP contribution in [0.25, 0.3) is 82.8 Å². The van der Waals surface area contributed by atoms with Crippen LogP contribution in [0, 0.1) is 0 Å². The van der Waals surface area contributed by atoms with E-state index in [2.05, 4.69) is 252 Å². The molecule has 2 heteroatoms. The first-order valence-corrected chi connectivity index (χ1v) is 20.6. The maximum absolute atomic E-state index is 2.42. The Morgan fingerprint density at radius 2 is 0.867 bits per heavy atom. The molecule has 1 aromatic heterocycles. The molecule has 0 bridgehead atoms. The second-order valence-corrected chi connectivity index (χ2v) is 15.3. The van der Waals surface area contributed by atoms with Crippen LogP contribution in [0.15, 0.2) is 243 Å². The minimum absolute atomic E-state index is 1.09. The lowest BCUT2D eigenvalue weighted by molar-refractivity contribution is 1.19. The fourth-order valence-electron chi connectivity index (χ4n) is 8.94. The Morgan fingerprint density at radius 1 is 0.283 bits per heavy atom. The zero-order valence-electron chi connectivity index (χ0n) is 33.0.